The van der Waals surface area contributed by atoms with E-state index in [-0.39, 0.29) is 35.8 Å². The number of nitrogens with zero attached hydrogens (tertiary/aromatic N) is 1. The second kappa shape index (κ2) is 6.60. The predicted molar refractivity (Wildman–Crippen MR) is 87.1 cm³/mol. The molecule has 0 bridgehead atoms. The van der Waals surface area contributed by atoms with Gasteiger partial charge < -0.3 is 15.8 Å². The Morgan fingerprint density at radius 3 is 2.85 bits per heavy atom. The summed E-state index contributed by atoms with van der Waals surface area (Å²) in [5, 5.41) is 3.23. The average molecular weight is 391 g/mol. The maximum atomic E-state index is 13.2. The molecule has 1 aromatic carbocycles. The molecule has 1 saturated carbocycles. The van der Waals surface area contributed by atoms with E-state index in [2.05, 4.69) is 10.3 Å². The number of hydrogen-bond acceptors (Lipinski definition) is 2. The summed E-state index contributed by atoms with van der Waals surface area (Å²) in [7, 11) is 0. The maximum absolute atomic E-state index is 13.2. The minimum Gasteiger partial charge on any atom is -0.491 e. The molecule has 20 heavy (non-hydrogen) atoms. The molecular formula is C14H19FIN3O. The van der Waals surface area contributed by atoms with Gasteiger partial charge in [0.2, 0.25) is 0 Å². The third-order valence-electron chi connectivity index (χ3n) is 3.73. The number of benzene rings is 1. The highest BCUT2D eigenvalue weighted by Gasteiger charge is 2.25. The number of fused-ring (bicyclic) bond motifs is 1. The lowest BCUT2D eigenvalue weighted by molar-refractivity contribution is 0.333. The van der Waals surface area contributed by atoms with Gasteiger partial charge in [0, 0.05) is 11.6 Å². The molecule has 4 nitrogen and oxygen atoms in total. The van der Waals surface area contributed by atoms with Crippen molar-refractivity contribution >= 4 is 29.9 Å². The highest BCUT2D eigenvalue weighted by atomic mass is 127. The second-order valence-corrected chi connectivity index (χ2v) is 5.15. The molecule has 3 rings (SSSR count). The summed E-state index contributed by atoms with van der Waals surface area (Å²) in [6, 6.07) is 4.73. The van der Waals surface area contributed by atoms with Crippen LogP contribution in [0.4, 0.5) is 4.39 Å². The van der Waals surface area contributed by atoms with Crippen LogP contribution < -0.4 is 15.8 Å². The summed E-state index contributed by atoms with van der Waals surface area (Å²) in [5.41, 5.74) is 6.69. The van der Waals surface area contributed by atoms with Crippen molar-refractivity contribution in [3.63, 3.8) is 0 Å². The van der Waals surface area contributed by atoms with Crippen LogP contribution in [0.5, 0.6) is 5.75 Å². The lowest BCUT2D eigenvalue weighted by Crippen LogP contribution is -2.38. The number of nitrogens with one attached hydrogen (secondary N) is 1. The molecular weight excluding hydrogens is 372 g/mol. The van der Waals surface area contributed by atoms with Crippen molar-refractivity contribution in [3.8, 4) is 5.75 Å². The Morgan fingerprint density at radius 1 is 1.35 bits per heavy atom. The monoisotopic (exact) mass is 391 g/mol. The van der Waals surface area contributed by atoms with Gasteiger partial charge >= 0.3 is 0 Å². The van der Waals surface area contributed by atoms with Crippen LogP contribution >= 0.6 is 24.0 Å². The number of aliphatic imine (C=N–C) groups is 1. The molecule has 1 aliphatic heterocycles. The summed E-state index contributed by atoms with van der Waals surface area (Å²) in [4.78, 5) is 4.41. The van der Waals surface area contributed by atoms with E-state index >= 15 is 0 Å². The fourth-order valence-corrected chi connectivity index (χ4v) is 2.76. The van der Waals surface area contributed by atoms with E-state index < -0.39 is 0 Å². The molecule has 0 aromatic heterocycles. The summed E-state index contributed by atoms with van der Waals surface area (Å²) in [6.07, 6.45) is 4.77. The van der Waals surface area contributed by atoms with Gasteiger partial charge in [-0.1, -0.05) is 12.8 Å². The van der Waals surface area contributed by atoms with E-state index in [0.29, 0.717) is 24.4 Å². The third-order valence-corrected chi connectivity index (χ3v) is 3.73. The van der Waals surface area contributed by atoms with Crippen LogP contribution in [0.3, 0.4) is 0 Å². The molecule has 1 fully saturated rings. The van der Waals surface area contributed by atoms with Crippen LogP contribution in [0, 0.1) is 5.82 Å². The topological polar surface area (TPSA) is 59.6 Å². The van der Waals surface area contributed by atoms with Crippen LogP contribution in [0.1, 0.15) is 37.3 Å². The summed E-state index contributed by atoms with van der Waals surface area (Å²) in [5.74, 6) is 0.855. The van der Waals surface area contributed by atoms with E-state index in [1.165, 1.54) is 25.0 Å². The smallest absolute Gasteiger partial charge is 0.189 e. The Balaban J connectivity index is 0.00000147. The van der Waals surface area contributed by atoms with Gasteiger partial charge in [-0.3, -0.25) is 0 Å². The number of nitrogens with two attached hydrogens (primary N) is 1. The number of hydrogen-bond donors (Lipinski definition) is 2. The molecule has 1 aromatic rings. The van der Waals surface area contributed by atoms with Crippen LogP contribution in [-0.2, 0) is 0 Å². The molecule has 1 unspecified atom stereocenters. The Labute approximate surface area is 135 Å². The first-order valence-corrected chi connectivity index (χ1v) is 6.74. The SMILES string of the molecule is I.NC(=NC1COc2ccc(F)cc21)NC1CCCC1. The number of halogens is 2. The van der Waals surface area contributed by atoms with Crippen LogP contribution in [0.25, 0.3) is 0 Å². The van der Waals surface area contributed by atoms with Crippen molar-refractivity contribution in [2.75, 3.05) is 6.61 Å². The molecule has 1 atom stereocenters. The molecule has 1 heterocycles. The molecule has 110 valence electrons. The first kappa shape index (κ1) is 15.3. The second-order valence-electron chi connectivity index (χ2n) is 5.15. The summed E-state index contributed by atoms with van der Waals surface area (Å²) < 4.78 is 18.7. The molecule has 3 N–H and O–H groups in total. The summed E-state index contributed by atoms with van der Waals surface area (Å²) in [6.45, 7) is 0.422. The molecule has 2 aliphatic rings. The third kappa shape index (κ3) is 3.34. The first-order valence-electron chi connectivity index (χ1n) is 6.74. The normalized spacial score (nSPS) is 22.1. The van der Waals surface area contributed by atoms with Crippen molar-refractivity contribution in [1.29, 1.82) is 0 Å². The molecule has 0 amide bonds. The zero-order valence-electron chi connectivity index (χ0n) is 11.1. The van der Waals surface area contributed by atoms with Crippen LogP contribution in [0.15, 0.2) is 23.2 Å². The van der Waals surface area contributed by atoms with E-state index in [4.69, 9.17) is 10.5 Å². The molecule has 1 aliphatic carbocycles. The van der Waals surface area contributed by atoms with Crippen molar-refractivity contribution in [3.05, 3.63) is 29.6 Å². The van der Waals surface area contributed by atoms with Gasteiger partial charge in [0.05, 0.1) is 0 Å². The fourth-order valence-electron chi connectivity index (χ4n) is 2.76. The number of ether oxygens (including phenoxy) is 1. The van der Waals surface area contributed by atoms with Gasteiger partial charge in [0.25, 0.3) is 0 Å². The molecule has 0 spiro atoms. The lowest BCUT2D eigenvalue weighted by Gasteiger charge is -2.13. The van der Waals surface area contributed by atoms with E-state index in [1.807, 2.05) is 0 Å². The van der Waals surface area contributed by atoms with Gasteiger partial charge in [-0.2, -0.15) is 0 Å². The van der Waals surface area contributed by atoms with E-state index in [0.717, 1.165) is 18.4 Å². The zero-order chi connectivity index (χ0) is 13.2. The Kier molecular flexibility index (Phi) is 5.06. The highest BCUT2D eigenvalue weighted by Crippen LogP contribution is 2.35. The zero-order valence-corrected chi connectivity index (χ0v) is 13.5. The first-order chi connectivity index (χ1) is 9.22. The molecule has 0 saturated heterocycles. The fraction of sp³-hybridized carbons (Fsp3) is 0.500. The van der Waals surface area contributed by atoms with Crippen molar-refractivity contribution in [2.24, 2.45) is 10.7 Å². The van der Waals surface area contributed by atoms with E-state index in [9.17, 15) is 4.39 Å². The number of guanidine groups is 1. The minimum atomic E-state index is -0.272. The largest absolute Gasteiger partial charge is 0.491 e. The molecule has 6 heteroatoms. The van der Waals surface area contributed by atoms with Crippen LogP contribution in [0.2, 0.25) is 0 Å². The Morgan fingerprint density at radius 2 is 2.10 bits per heavy atom. The molecule has 0 radical (unpaired) electrons. The number of rotatable bonds is 2. The predicted octanol–water partition coefficient (Wildman–Crippen LogP) is 2.72. The van der Waals surface area contributed by atoms with Crippen molar-refractivity contribution in [2.45, 2.75) is 37.8 Å². The van der Waals surface area contributed by atoms with Gasteiger partial charge in [0.1, 0.15) is 24.2 Å². The Bertz CT molecular complexity index is 503. The van der Waals surface area contributed by atoms with Gasteiger partial charge in [0.15, 0.2) is 5.96 Å². The van der Waals surface area contributed by atoms with Gasteiger partial charge in [-0.15, -0.1) is 24.0 Å². The van der Waals surface area contributed by atoms with Gasteiger partial charge in [-0.05, 0) is 31.0 Å². The Hall–Kier alpha value is -1.05. The average Bonchev–Trinajstić information content (AvgIpc) is 3.00. The van der Waals surface area contributed by atoms with Gasteiger partial charge in [-0.25, -0.2) is 9.38 Å². The van der Waals surface area contributed by atoms with Crippen LogP contribution in [-0.4, -0.2) is 18.6 Å². The quantitative estimate of drug-likeness (QED) is 0.463. The lowest BCUT2D eigenvalue weighted by atomic mass is 10.1. The van der Waals surface area contributed by atoms with Crippen molar-refractivity contribution in [1.82, 2.24) is 5.32 Å². The highest BCUT2D eigenvalue weighted by molar-refractivity contribution is 14.0. The van der Waals surface area contributed by atoms with Crippen molar-refractivity contribution < 1.29 is 9.13 Å². The minimum absolute atomic E-state index is 0. The maximum Gasteiger partial charge on any atom is 0.189 e. The van der Waals surface area contributed by atoms with E-state index in [1.54, 1.807) is 6.07 Å². The standard InChI is InChI=1S/C14H18FN3O.HI/c15-9-5-6-13-11(7-9)12(8-19-13)18-14(16)17-10-3-1-2-4-10;/h5-7,10,12H,1-4,8H2,(H3,16,17,18);1H. The summed E-state index contributed by atoms with van der Waals surface area (Å²) >= 11 is 0.